The van der Waals surface area contributed by atoms with E-state index < -0.39 is 0 Å². The van der Waals surface area contributed by atoms with Gasteiger partial charge in [-0.25, -0.2) is 4.98 Å². The van der Waals surface area contributed by atoms with E-state index >= 15 is 0 Å². The zero-order chi connectivity index (χ0) is 15.5. The van der Waals surface area contributed by atoms with Gasteiger partial charge in [0.05, 0.1) is 16.8 Å². The molecule has 0 aliphatic carbocycles. The summed E-state index contributed by atoms with van der Waals surface area (Å²) in [5.74, 6) is 0.319. The van der Waals surface area contributed by atoms with Gasteiger partial charge in [0.25, 0.3) is 0 Å². The molecule has 0 unspecified atom stereocenters. The van der Waals surface area contributed by atoms with Gasteiger partial charge in [-0.2, -0.15) is 10.2 Å². The van der Waals surface area contributed by atoms with Crippen LogP contribution in [0.15, 0.2) is 51.2 Å². The first kappa shape index (κ1) is 14.6. The Balaban J connectivity index is 1.95. The zero-order valence-corrected chi connectivity index (χ0v) is 13.0. The summed E-state index contributed by atoms with van der Waals surface area (Å²) in [6, 6.07) is 7.45. The fraction of sp³-hybridized carbons (Fsp3) is 0. The van der Waals surface area contributed by atoms with Gasteiger partial charge >= 0.3 is 0 Å². The van der Waals surface area contributed by atoms with Crippen molar-refractivity contribution in [2.45, 2.75) is 9.92 Å². The lowest BCUT2D eigenvalue weighted by Crippen LogP contribution is -2.07. The Labute approximate surface area is 136 Å². The van der Waals surface area contributed by atoms with Crippen LogP contribution in [0.25, 0.3) is 11.5 Å². The Morgan fingerprint density at radius 1 is 1.27 bits per heavy atom. The SMILES string of the molecule is Bc1cnc(Sc2cccc(-c3nc(C#N)co3)c2Cl)cn1. The molecule has 0 saturated heterocycles. The fourth-order valence-corrected chi connectivity index (χ4v) is 2.85. The Morgan fingerprint density at radius 3 is 2.82 bits per heavy atom. The fourth-order valence-electron chi connectivity index (χ4n) is 1.75. The van der Waals surface area contributed by atoms with Crippen molar-refractivity contribution in [1.29, 1.82) is 5.26 Å². The van der Waals surface area contributed by atoms with Crippen LogP contribution in [0, 0.1) is 11.3 Å². The highest BCUT2D eigenvalue weighted by Crippen LogP contribution is 2.37. The molecule has 1 aromatic carbocycles. The molecule has 3 aromatic rings. The lowest BCUT2D eigenvalue weighted by molar-refractivity contribution is 0.574. The van der Waals surface area contributed by atoms with Gasteiger partial charge in [-0.1, -0.05) is 29.4 Å². The van der Waals surface area contributed by atoms with E-state index in [1.807, 2.05) is 26.0 Å². The number of hydrogen-bond donors (Lipinski definition) is 0. The van der Waals surface area contributed by atoms with Crippen LogP contribution in [0.1, 0.15) is 5.69 Å². The molecular weight excluding hydrogens is 319 g/mol. The molecule has 0 saturated carbocycles. The van der Waals surface area contributed by atoms with Gasteiger partial charge < -0.3 is 4.42 Å². The molecule has 5 nitrogen and oxygen atoms in total. The number of nitriles is 1. The number of rotatable bonds is 3. The summed E-state index contributed by atoms with van der Waals surface area (Å²) in [5.41, 5.74) is 1.70. The molecule has 0 aliphatic heterocycles. The monoisotopic (exact) mass is 326 g/mol. The Kier molecular flexibility index (Phi) is 4.14. The average molecular weight is 327 g/mol. The standard InChI is InChI=1S/C14H8BClN4OS/c15-11-5-19-12(6-18-11)22-10-3-1-2-9(13(10)16)14-20-8(4-17)7-21-14/h1-3,5-7H,15H2. The molecule has 0 bridgehead atoms. The number of aromatic nitrogens is 3. The van der Waals surface area contributed by atoms with Crippen molar-refractivity contribution in [3.63, 3.8) is 0 Å². The summed E-state index contributed by atoms with van der Waals surface area (Å²) in [7, 11) is 1.88. The van der Waals surface area contributed by atoms with Crippen molar-refractivity contribution in [3.05, 3.63) is 47.6 Å². The van der Waals surface area contributed by atoms with Crippen LogP contribution in [0.2, 0.25) is 5.02 Å². The van der Waals surface area contributed by atoms with Crippen molar-refractivity contribution in [2.24, 2.45) is 0 Å². The smallest absolute Gasteiger partial charge is 0.228 e. The summed E-state index contributed by atoms with van der Waals surface area (Å²) in [4.78, 5) is 13.4. The lowest BCUT2D eigenvalue weighted by atomic mass is 10.1. The Bertz CT molecular complexity index is 860. The van der Waals surface area contributed by atoms with Gasteiger partial charge in [0.15, 0.2) is 13.5 Å². The van der Waals surface area contributed by atoms with Gasteiger partial charge in [0, 0.05) is 16.7 Å². The van der Waals surface area contributed by atoms with Crippen LogP contribution in [0.5, 0.6) is 0 Å². The van der Waals surface area contributed by atoms with Crippen molar-refractivity contribution < 1.29 is 4.42 Å². The van der Waals surface area contributed by atoms with Gasteiger partial charge in [0.2, 0.25) is 5.89 Å². The maximum atomic E-state index is 8.81. The predicted molar refractivity (Wildman–Crippen MR) is 86.0 cm³/mol. The molecule has 106 valence electrons. The topological polar surface area (TPSA) is 75.6 Å². The third-order valence-electron chi connectivity index (χ3n) is 2.78. The molecule has 0 amide bonds. The molecule has 2 heterocycles. The maximum absolute atomic E-state index is 8.81. The Morgan fingerprint density at radius 2 is 2.14 bits per heavy atom. The minimum absolute atomic E-state index is 0.216. The van der Waals surface area contributed by atoms with E-state index in [2.05, 4.69) is 15.0 Å². The Hall–Kier alpha value is -2.30. The van der Waals surface area contributed by atoms with E-state index in [9.17, 15) is 0 Å². The summed E-state index contributed by atoms with van der Waals surface area (Å²) in [5, 5.41) is 10.1. The normalized spacial score (nSPS) is 10.4. The predicted octanol–water partition coefficient (Wildman–Crippen LogP) is 2.07. The van der Waals surface area contributed by atoms with Crippen molar-refractivity contribution in [3.8, 4) is 17.5 Å². The summed E-state index contributed by atoms with van der Waals surface area (Å²) in [6.45, 7) is 0. The highest BCUT2D eigenvalue weighted by molar-refractivity contribution is 7.99. The summed E-state index contributed by atoms with van der Waals surface area (Å²) < 4.78 is 5.29. The quantitative estimate of drug-likeness (QED) is 0.686. The van der Waals surface area contributed by atoms with Gasteiger partial charge in [-0.3, -0.25) is 4.98 Å². The number of nitrogens with zero attached hydrogens (tertiary/aromatic N) is 4. The molecule has 2 aromatic heterocycles. The minimum Gasteiger partial charge on any atom is -0.443 e. The first-order valence-electron chi connectivity index (χ1n) is 6.28. The van der Waals surface area contributed by atoms with Crippen LogP contribution in [-0.2, 0) is 0 Å². The molecule has 0 N–H and O–H groups in total. The van der Waals surface area contributed by atoms with Crippen molar-refractivity contribution >= 4 is 36.8 Å². The van der Waals surface area contributed by atoms with Crippen LogP contribution < -0.4 is 5.59 Å². The molecule has 0 spiro atoms. The maximum Gasteiger partial charge on any atom is 0.228 e. The minimum atomic E-state index is 0.216. The second kappa shape index (κ2) is 6.22. The van der Waals surface area contributed by atoms with Crippen LogP contribution >= 0.6 is 23.4 Å². The van der Waals surface area contributed by atoms with E-state index in [0.717, 1.165) is 15.5 Å². The molecule has 0 radical (unpaired) electrons. The second-order valence-corrected chi connectivity index (χ2v) is 5.81. The van der Waals surface area contributed by atoms with E-state index in [1.54, 1.807) is 18.5 Å². The van der Waals surface area contributed by atoms with Crippen molar-refractivity contribution in [2.75, 3.05) is 0 Å². The van der Waals surface area contributed by atoms with Crippen LogP contribution in [0.3, 0.4) is 0 Å². The summed E-state index contributed by atoms with van der Waals surface area (Å²) >= 11 is 7.83. The lowest BCUT2D eigenvalue weighted by Gasteiger charge is -2.06. The first-order valence-corrected chi connectivity index (χ1v) is 7.48. The number of oxazole rings is 1. The molecule has 8 heteroatoms. The highest BCUT2D eigenvalue weighted by atomic mass is 35.5. The van der Waals surface area contributed by atoms with Crippen LogP contribution in [0.4, 0.5) is 0 Å². The van der Waals surface area contributed by atoms with E-state index in [4.69, 9.17) is 21.3 Å². The van der Waals surface area contributed by atoms with Gasteiger partial charge in [0.1, 0.15) is 17.4 Å². The second-order valence-electron chi connectivity index (χ2n) is 4.37. The molecule has 22 heavy (non-hydrogen) atoms. The van der Waals surface area contributed by atoms with Gasteiger partial charge in [-0.05, 0) is 12.1 Å². The number of hydrogen-bond acceptors (Lipinski definition) is 6. The zero-order valence-electron chi connectivity index (χ0n) is 11.4. The molecular formula is C14H8BClN4OS. The third kappa shape index (κ3) is 2.98. The first-order chi connectivity index (χ1) is 10.7. The molecule has 0 fully saturated rings. The van der Waals surface area contributed by atoms with Crippen molar-refractivity contribution in [1.82, 2.24) is 15.0 Å². The number of halogens is 1. The number of benzene rings is 1. The molecule has 0 aliphatic rings. The van der Waals surface area contributed by atoms with E-state index in [0.29, 0.717) is 16.5 Å². The molecule has 3 rings (SSSR count). The van der Waals surface area contributed by atoms with E-state index in [-0.39, 0.29) is 5.69 Å². The summed E-state index contributed by atoms with van der Waals surface area (Å²) in [6.07, 6.45) is 4.70. The molecule has 0 atom stereocenters. The van der Waals surface area contributed by atoms with Crippen LogP contribution in [-0.4, -0.2) is 22.8 Å². The average Bonchev–Trinajstić information content (AvgIpc) is 3.00. The van der Waals surface area contributed by atoms with Gasteiger partial charge in [-0.15, -0.1) is 0 Å². The van der Waals surface area contributed by atoms with E-state index in [1.165, 1.54) is 18.0 Å². The highest BCUT2D eigenvalue weighted by Gasteiger charge is 2.14. The largest absolute Gasteiger partial charge is 0.443 e. The third-order valence-corrected chi connectivity index (χ3v) is 4.28.